The van der Waals surface area contributed by atoms with E-state index in [2.05, 4.69) is 21.9 Å². The van der Waals surface area contributed by atoms with Gasteiger partial charge < -0.3 is 9.55 Å². The Morgan fingerprint density at radius 1 is 1.42 bits per heavy atom. The summed E-state index contributed by atoms with van der Waals surface area (Å²) in [6, 6.07) is 6.52. The molecule has 0 amide bonds. The van der Waals surface area contributed by atoms with Crippen molar-refractivity contribution >= 4 is 46.6 Å². The first-order valence-electron chi connectivity index (χ1n) is 6.62. The Morgan fingerprint density at radius 2 is 2.26 bits per heavy atom. The second kappa shape index (κ2) is 5.51. The Kier molecular flexibility index (Phi) is 3.92. The molecule has 2 nitrogen and oxygen atoms in total. The summed E-state index contributed by atoms with van der Waals surface area (Å²) in [7, 11) is 0. The molecule has 102 valence electrons. The predicted molar refractivity (Wildman–Crippen MR) is 86.9 cm³/mol. The van der Waals surface area contributed by atoms with Gasteiger partial charge in [-0.2, -0.15) is 11.8 Å². The number of aromatic amines is 1. The summed E-state index contributed by atoms with van der Waals surface area (Å²) in [4.78, 5) is 3.26. The number of aromatic nitrogens is 2. The van der Waals surface area contributed by atoms with Gasteiger partial charge in [-0.1, -0.05) is 24.1 Å². The van der Waals surface area contributed by atoms with Crippen LogP contribution in [0.15, 0.2) is 18.2 Å². The number of benzene rings is 1. The minimum absolute atomic E-state index is 0.505. The van der Waals surface area contributed by atoms with Crippen molar-refractivity contribution < 1.29 is 0 Å². The third-order valence-corrected chi connectivity index (χ3v) is 5.71. The number of para-hydroxylation sites is 1. The first-order chi connectivity index (χ1) is 9.20. The highest BCUT2D eigenvalue weighted by Gasteiger charge is 2.24. The molecule has 0 bridgehead atoms. The molecule has 1 aliphatic carbocycles. The molecule has 1 heterocycles. The number of thioether (sulfide) groups is 1. The number of hydrogen-bond donors (Lipinski definition) is 1. The molecule has 1 saturated carbocycles. The summed E-state index contributed by atoms with van der Waals surface area (Å²) in [5.41, 5.74) is 2.12. The normalized spacial score (nSPS) is 23.9. The lowest BCUT2D eigenvalue weighted by Crippen LogP contribution is -2.20. The number of halogens is 1. The van der Waals surface area contributed by atoms with Crippen molar-refractivity contribution in [2.24, 2.45) is 0 Å². The number of hydrogen-bond acceptors (Lipinski definition) is 2. The molecule has 3 rings (SSSR count). The maximum Gasteiger partial charge on any atom is 0.178 e. The van der Waals surface area contributed by atoms with Crippen LogP contribution in [0.3, 0.4) is 0 Å². The van der Waals surface area contributed by atoms with Crippen molar-refractivity contribution in [3.05, 3.63) is 28.0 Å². The molecule has 0 spiro atoms. The minimum Gasteiger partial charge on any atom is -0.329 e. The van der Waals surface area contributed by atoms with Crippen molar-refractivity contribution in [3.63, 3.8) is 0 Å². The second-order valence-electron chi connectivity index (χ2n) is 5.11. The van der Waals surface area contributed by atoms with E-state index in [4.69, 9.17) is 23.8 Å². The van der Waals surface area contributed by atoms with E-state index in [0.717, 1.165) is 26.1 Å². The van der Waals surface area contributed by atoms with Gasteiger partial charge in [0.25, 0.3) is 0 Å². The van der Waals surface area contributed by atoms with Gasteiger partial charge in [-0.25, -0.2) is 0 Å². The van der Waals surface area contributed by atoms with Gasteiger partial charge in [-0.3, -0.25) is 0 Å². The largest absolute Gasteiger partial charge is 0.329 e. The van der Waals surface area contributed by atoms with Crippen LogP contribution in [0.25, 0.3) is 11.0 Å². The van der Waals surface area contributed by atoms with E-state index in [1.807, 2.05) is 23.9 Å². The highest BCUT2D eigenvalue weighted by Crippen LogP contribution is 2.36. The third-order valence-electron chi connectivity index (χ3n) is 4.00. The standard InChI is InChI=1S/C14H17ClN2S2/c1-19-10-5-2-4-9(8-10)17-12-7-3-6-11(15)13(12)16-14(17)18/h3,6-7,9-10H,2,4-5,8H2,1H3,(H,16,18). The van der Waals surface area contributed by atoms with Crippen LogP contribution >= 0.6 is 35.6 Å². The van der Waals surface area contributed by atoms with Crippen molar-refractivity contribution in [2.45, 2.75) is 37.0 Å². The van der Waals surface area contributed by atoms with Crippen LogP contribution in [-0.2, 0) is 0 Å². The molecule has 0 radical (unpaired) electrons. The van der Waals surface area contributed by atoms with E-state index in [9.17, 15) is 0 Å². The van der Waals surface area contributed by atoms with Gasteiger partial charge in [0, 0.05) is 11.3 Å². The first-order valence-corrected chi connectivity index (χ1v) is 8.69. The Balaban J connectivity index is 2.07. The molecule has 2 atom stereocenters. The minimum atomic E-state index is 0.505. The van der Waals surface area contributed by atoms with Gasteiger partial charge in [0.15, 0.2) is 4.77 Å². The van der Waals surface area contributed by atoms with Gasteiger partial charge in [-0.15, -0.1) is 0 Å². The molecular formula is C14H17ClN2S2. The summed E-state index contributed by atoms with van der Waals surface area (Å²) in [6.07, 6.45) is 7.23. The molecule has 5 heteroatoms. The fraction of sp³-hybridized carbons (Fsp3) is 0.500. The highest BCUT2D eigenvalue weighted by molar-refractivity contribution is 7.99. The number of nitrogens with zero attached hydrogens (tertiary/aromatic N) is 1. The van der Waals surface area contributed by atoms with Crippen LogP contribution < -0.4 is 0 Å². The Labute approximate surface area is 127 Å². The third kappa shape index (κ3) is 2.46. The monoisotopic (exact) mass is 312 g/mol. The van der Waals surface area contributed by atoms with E-state index in [-0.39, 0.29) is 0 Å². The van der Waals surface area contributed by atoms with E-state index in [1.165, 1.54) is 25.7 Å². The van der Waals surface area contributed by atoms with Crippen LogP contribution in [0.2, 0.25) is 5.02 Å². The second-order valence-corrected chi connectivity index (χ2v) is 7.04. The zero-order chi connectivity index (χ0) is 13.4. The van der Waals surface area contributed by atoms with Gasteiger partial charge in [0.1, 0.15) is 0 Å². The molecule has 1 N–H and O–H groups in total. The lowest BCUT2D eigenvalue weighted by Gasteiger charge is -2.29. The summed E-state index contributed by atoms with van der Waals surface area (Å²) in [5.74, 6) is 0. The van der Waals surface area contributed by atoms with Crippen LogP contribution in [0.5, 0.6) is 0 Å². The summed E-state index contributed by atoms with van der Waals surface area (Å²) in [5, 5.41) is 1.50. The van der Waals surface area contributed by atoms with Crippen molar-refractivity contribution in [2.75, 3.05) is 6.26 Å². The molecule has 0 saturated heterocycles. The topological polar surface area (TPSA) is 20.7 Å². The lowest BCUT2D eigenvalue weighted by atomic mass is 9.94. The zero-order valence-electron chi connectivity index (χ0n) is 10.9. The molecular weight excluding hydrogens is 296 g/mol. The Morgan fingerprint density at radius 3 is 3.05 bits per heavy atom. The van der Waals surface area contributed by atoms with Crippen LogP contribution in [0.1, 0.15) is 31.7 Å². The Hall–Kier alpha value is -0.450. The quantitative estimate of drug-likeness (QED) is 0.769. The predicted octanol–water partition coefficient (Wildman–Crippen LogP) is 5.20. The SMILES string of the molecule is CSC1CCCC(n2c(=S)[nH]c3c(Cl)cccc32)C1. The molecule has 1 fully saturated rings. The fourth-order valence-corrected chi connectivity index (χ4v) is 4.43. The smallest absolute Gasteiger partial charge is 0.178 e. The van der Waals surface area contributed by atoms with Gasteiger partial charge >= 0.3 is 0 Å². The van der Waals surface area contributed by atoms with Gasteiger partial charge in [0.05, 0.1) is 16.1 Å². The molecule has 2 unspecified atom stereocenters. The van der Waals surface area contributed by atoms with Crippen LogP contribution in [-0.4, -0.2) is 21.1 Å². The summed E-state index contributed by atoms with van der Waals surface area (Å²) >= 11 is 13.7. The van der Waals surface area contributed by atoms with Crippen LogP contribution in [0.4, 0.5) is 0 Å². The number of H-pyrrole nitrogens is 1. The van der Waals surface area contributed by atoms with Crippen molar-refractivity contribution in [3.8, 4) is 0 Å². The lowest BCUT2D eigenvalue weighted by molar-refractivity contribution is 0.365. The van der Waals surface area contributed by atoms with Gasteiger partial charge in [-0.05, 0) is 49.9 Å². The molecule has 1 aromatic heterocycles. The zero-order valence-corrected chi connectivity index (χ0v) is 13.2. The van der Waals surface area contributed by atoms with E-state index in [1.54, 1.807) is 0 Å². The summed E-state index contributed by atoms with van der Waals surface area (Å²) in [6.45, 7) is 0. The Bertz CT molecular complexity index is 646. The van der Waals surface area contributed by atoms with E-state index in [0.29, 0.717) is 6.04 Å². The van der Waals surface area contributed by atoms with Crippen molar-refractivity contribution in [1.29, 1.82) is 0 Å². The highest BCUT2D eigenvalue weighted by atomic mass is 35.5. The average Bonchev–Trinajstić information content (AvgIpc) is 2.77. The number of fused-ring (bicyclic) bond motifs is 1. The number of nitrogens with one attached hydrogen (secondary N) is 1. The maximum atomic E-state index is 6.24. The number of rotatable bonds is 2. The molecule has 2 aromatic rings. The van der Waals surface area contributed by atoms with E-state index < -0.39 is 0 Å². The fourth-order valence-electron chi connectivity index (χ4n) is 3.05. The molecule has 19 heavy (non-hydrogen) atoms. The number of imidazole rings is 1. The van der Waals surface area contributed by atoms with Crippen molar-refractivity contribution in [1.82, 2.24) is 9.55 Å². The molecule has 1 aromatic carbocycles. The summed E-state index contributed by atoms with van der Waals surface area (Å²) < 4.78 is 3.08. The maximum absolute atomic E-state index is 6.24. The average molecular weight is 313 g/mol. The molecule has 0 aliphatic heterocycles. The van der Waals surface area contributed by atoms with Gasteiger partial charge in [0.2, 0.25) is 0 Å². The first kappa shape index (κ1) is 13.5. The molecule has 1 aliphatic rings. The van der Waals surface area contributed by atoms with Crippen LogP contribution in [0, 0.1) is 4.77 Å². The van der Waals surface area contributed by atoms with E-state index >= 15 is 0 Å².